The van der Waals surface area contributed by atoms with Crippen LogP contribution >= 0.6 is 33.9 Å². The van der Waals surface area contributed by atoms with Crippen molar-refractivity contribution in [2.75, 3.05) is 0 Å². The van der Waals surface area contributed by atoms with Crippen molar-refractivity contribution in [2.45, 2.75) is 39.5 Å². The highest BCUT2D eigenvalue weighted by atomic mass is 127. The van der Waals surface area contributed by atoms with Crippen LogP contribution in [-0.2, 0) is 6.42 Å². The van der Waals surface area contributed by atoms with E-state index < -0.39 is 0 Å². The number of hydrogen-bond acceptors (Lipinski definition) is 2. The first-order chi connectivity index (χ1) is 7.68. The molecule has 16 heavy (non-hydrogen) atoms. The SMILES string of the molecule is CC1=CCCCCc2c(sc(C)c2I)C=N1. The number of thiophene rings is 1. The quantitative estimate of drug-likeness (QED) is 0.604. The number of nitrogens with zero attached hydrogens (tertiary/aromatic N) is 1. The normalized spacial score (nSPS) is 16.8. The Morgan fingerprint density at radius 1 is 1.31 bits per heavy atom. The Morgan fingerprint density at radius 2 is 2.12 bits per heavy atom. The van der Waals surface area contributed by atoms with E-state index in [9.17, 15) is 0 Å². The predicted molar refractivity (Wildman–Crippen MR) is 80.7 cm³/mol. The number of allylic oxidation sites excluding steroid dienone is 2. The molecule has 0 aromatic carbocycles. The first-order valence-corrected chi connectivity index (χ1v) is 7.56. The van der Waals surface area contributed by atoms with Crippen molar-refractivity contribution in [1.82, 2.24) is 0 Å². The number of aliphatic imine (C=N–C) groups is 1. The van der Waals surface area contributed by atoms with Crippen molar-refractivity contribution >= 4 is 40.1 Å². The third-order valence-corrected chi connectivity index (χ3v) is 5.75. The summed E-state index contributed by atoms with van der Waals surface area (Å²) in [6.07, 6.45) is 9.22. The lowest BCUT2D eigenvalue weighted by atomic mass is 10.1. The van der Waals surface area contributed by atoms with Crippen LogP contribution in [-0.4, -0.2) is 6.21 Å². The minimum absolute atomic E-state index is 1.15. The second kappa shape index (κ2) is 5.45. The molecule has 0 saturated carbocycles. The van der Waals surface area contributed by atoms with Crippen molar-refractivity contribution < 1.29 is 0 Å². The number of halogens is 1. The van der Waals surface area contributed by atoms with Gasteiger partial charge >= 0.3 is 0 Å². The molecule has 0 spiro atoms. The summed E-state index contributed by atoms with van der Waals surface area (Å²) >= 11 is 4.35. The van der Waals surface area contributed by atoms with Gasteiger partial charge in [0.15, 0.2) is 0 Å². The number of fused-ring (bicyclic) bond motifs is 1. The van der Waals surface area contributed by atoms with E-state index >= 15 is 0 Å². The Morgan fingerprint density at radius 3 is 2.94 bits per heavy atom. The molecule has 1 aromatic rings. The van der Waals surface area contributed by atoms with Crippen molar-refractivity contribution in [3.8, 4) is 0 Å². The van der Waals surface area contributed by atoms with Gasteiger partial charge in [0.25, 0.3) is 0 Å². The van der Waals surface area contributed by atoms with Crippen molar-refractivity contribution in [2.24, 2.45) is 4.99 Å². The van der Waals surface area contributed by atoms with E-state index in [-0.39, 0.29) is 0 Å². The molecular weight excluding hydrogens is 329 g/mol. The maximum Gasteiger partial charge on any atom is 0.0499 e. The van der Waals surface area contributed by atoms with Gasteiger partial charge in [0, 0.05) is 25.2 Å². The Hall–Kier alpha value is -0.160. The molecule has 0 unspecified atom stereocenters. The molecule has 1 aliphatic heterocycles. The zero-order valence-corrected chi connectivity index (χ0v) is 12.7. The summed E-state index contributed by atoms with van der Waals surface area (Å²) in [5.74, 6) is 0. The molecule has 3 heteroatoms. The monoisotopic (exact) mass is 345 g/mol. The molecule has 1 aliphatic rings. The summed E-state index contributed by atoms with van der Waals surface area (Å²) in [5, 5.41) is 0. The van der Waals surface area contributed by atoms with Crippen molar-refractivity contribution in [3.05, 3.63) is 30.7 Å². The van der Waals surface area contributed by atoms with Gasteiger partial charge in [-0.1, -0.05) is 6.08 Å². The van der Waals surface area contributed by atoms with Crippen molar-refractivity contribution in [1.29, 1.82) is 0 Å². The molecule has 86 valence electrons. The molecule has 1 nitrogen and oxygen atoms in total. The van der Waals surface area contributed by atoms with Gasteiger partial charge in [0.1, 0.15) is 0 Å². The van der Waals surface area contributed by atoms with Crippen LogP contribution in [0.25, 0.3) is 0 Å². The lowest BCUT2D eigenvalue weighted by molar-refractivity contribution is 0.743. The summed E-state index contributed by atoms with van der Waals surface area (Å²) in [6, 6.07) is 0. The van der Waals surface area contributed by atoms with E-state index in [0.717, 1.165) is 12.1 Å². The number of hydrogen-bond donors (Lipinski definition) is 0. The van der Waals surface area contributed by atoms with Gasteiger partial charge in [-0.2, -0.15) is 0 Å². The van der Waals surface area contributed by atoms with Crippen LogP contribution in [0.3, 0.4) is 0 Å². The predicted octanol–water partition coefficient (Wildman–Crippen LogP) is 4.71. The fourth-order valence-corrected chi connectivity index (χ4v) is 3.95. The molecule has 0 amide bonds. The minimum atomic E-state index is 1.15. The molecule has 2 rings (SSSR count). The van der Waals surface area contributed by atoms with Gasteiger partial charge in [0.2, 0.25) is 0 Å². The highest BCUT2D eigenvalue weighted by Gasteiger charge is 2.12. The van der Waals surface area contributed by atoms with Gasteiger partial charge in [-0.05, 0) is 67.7 Å². The molecule has 0 radical (unpaired) electrons. The summed E-state index contributed by atoms with van der Waals surface area (Å²) in [7, 11) is 0. The first kappa shape index (κ1) is 12.3. The average Bonchev–Trinajstić information content (AvgIpc) is 2.53. The fourth-order valence-electron chi connectivity index (χ4n) is 1.90. The molecule has 0 bridgehead atoms. The number of rotatable bonds is 0. The van der Waals surface area contributed by atoms with Crippen LogP contribution < -0.4 is 0 Å². The molecule has 0 fully saturated rings. The molecule has 2 heterocycles. The van der Waals surface area contributed by atoms with Gasteiger partial charge in [-0.3, -0.25) is 4.99 Å². The van der Waals surface area contributed by atoms with Crippen LogP contribution in [0.4, 0.5) is 0 Å². The lowest BCUT2D eigenvalue weighted by Crippen LogP contribution is -1.93. The highest BCUT2D eigenvalue weighted by Crippen LogP contribution is 2.30. The lowest BCUT2D eigenvalue weighted by Gasteiger charge is -2.04. The van der Waals surface area contributed by atoms with E-state index in [4.69, 9.17) is 0 Å². The fraction of sp³-hybridized carbons (Fsp3) is 0.462. The summed E-state index contributed by atoms with van der Waals surface area (Å²) in [6.45, 7) is 4.29. The second-order valence-corrected chi connectivity index (χ2v) is 6.50. The van der Waals surface area contributed by atoms with Crippen LogP contribution in [0.1, 0.15) is 41.5 Å². The number of aryl methyl sites for hydroxylation is 1. The molecule has 0 aliphatic carbocycles. The molecular formula is C13H16INS. The molecule has 0 saturated heterocycles. The Balaban J connectivity index is 2.40. The van der Waals surface area contributed by atoms with Gasteiger partial charge in [-0.25, -0.2) is 0 Å². The molecule has 0 atom stereocenters. The van der Waals surface area contributed by atoms with Crippen LogP contribution in [0.5, 0.6) is 0 Å². The largest absolute Gasteiger partial charge is 0.260 e. The minimum Gasteiger partial charge on any atom is -0.260 e. The third-order valence-electron chi connectivity index (χ3n) is 2.84. The highest BCUT2D eigenvalue weighted by molar-refractivity contribution is 14.1. The molecule has 0 N–H and O–H groups in total. The van der Waals surface area contributed by atoms with E-state index in [0.29, 0.717) is 0 Å². The Labute approximate surface area is 115 Å². The topological polar surface area (TPSA) is 12.4 Å². The zero-order chi connectivity index (χ0) is 11.5. The van der Waals surface area contributed by atoms with E-state index in [1.807, 2.05) is 17.6 Å². The summed E-state index contributed by atoms with van der Waals surface area (Å²) < 4.78 is 1.45. The van der Waals surface area contributed by atoms with E-state index in [1.165, 1.54) is 38.2 Å². The maximum absolute atomic E-state index is 4.52. The second-order valence-electron chi connectivity index (χ2n) is 4.16. The van der Waals surface area contributed by atoms with Gasteiger partial charge in [0.05, 0.1) is 0 Å². The van der Waals surface area contributed by atoms with Crippen LogP contribution in [0.2, 0.25) is 0 Å². The van der Waals surface area contributed by atoms with Crippen molar-refractivity contribution in [3.63, 3.8) is 0 Å². The third kappa shape index (κ3) is 2.74. The first-order valence-electron chi connectivity index (χ1n) is 5.67. The smallest absolute Gasteiger partial charge is 0.0499 e. The van der Waals surface area contributed by atoms with Gasteiger partial charge < -0.3 is 0 Å². The average molecular weight is 345 g/mol. The Kier molecular flexibility index (Phi) is 4.19. The standard InChI is InChI=1S/C13H16INS/c1-9-6-4-3-5-7-11-12(8-15-9)16-10(2)13(11)14/h6,8H,3-5,7H2,1-2H3. The van der Waals surface area contributed by atoms with Crippen LogP contribution in [0, 0.1) is 10.5 Å². The van der Waals surface area contributed by atoms with E-state index in [1.54, 1.807) is 0 Å². The molecule has 1 aromatic heterocycles. The Bertz CT molecular complexity index is 443. The van der Waals surface area contributed by atoms with Gasteiger partial charge in [-0.15, -0.1) is 11.3 Å². The maximum atomic E-state index is 4.52. The van der Waals surface area contributed by atoms with Crippen LogP contribution in [0.15, 0.2) is 16.8 Å². The summed E-state index contributed by atoms with van der Waals surface area (Å²) in [5.41, 5.74) is 2.66. The zero-order valence-electron chi connectivity index (χ0n) is 9.72. The van der Waals surface area contributed by atoms with E-state index in [2.05, 4.69) is 47.5 Å². The summed E-state index contributed by atoms with van der Waals surface area (Å²) in [4.78, 5) is 7.31.